The number of anilines is 1. The van der Waals surface area contributed by atoms with Crippen LogP contribution in [0, 0.1) is 22.7 Å². The Morgan fingerprint density at radius 2 is 2.14 bits per heavy atom. The summed E-state index contributed by atoms with van der Waals surface area (Å²) in [7, 11) is 0. The van der Waals surface area contributed by atoms with E-state index in [9.17, 15) is 4.79 Å². The molecule has 108 valence electrons. The fraction of sp³-hybridized carbons (Fsp3) is 0.438. The zero-order chi connectivity index (χ0) is 15.1. The van der Waals surface area contributed by atoms with Crippen LogP contribution in [0.5, 0.6) is 0 Å². The van der Waals surface area contributed by atoms with E-state index in [0.29, 0.717) is 36.7 Å². The average molecular weight is 282 g/mol. The van der Waals surface area contributed by atoms with Gasteiger partial charge in [0.15, 0.2) is 0 Å². The molecule has 0 heterocycles. The van der Waals surface area contributed by atoms with Crippen LogP contribution in [0.4, 0.5) is 5.69 Å². The molecule has 1 aromatic rings. The molecule has 1 N–H and O–H groups in total. The summed E-state index contributed by atoms with van der Waals surface area (Å²) in [6.45, 7) is 1.41. The average Bonchev–Trinajstić information content (AvgIpc) is 3.32. The summed E-state index contributed by atoms with van der Waals surface area (Å²) in [6, 6.07) is 11.6. The van der Waals surface area contributed by atoms with Gasteiger partial charge in [0.2, 0.25) is 5.91 Å². The Morgan fingerprint density at radius 3 is 2.81 bits per heavy atom. The van der Waals surface area contributed by atoms with E-state index in [1.807, 2.05) is 6.07 Å². The Bertz CT molecular complexity index is 581. The summed E-state index contributed by atoms with van der Waals surface area (Å²) in [6.07, 6.45) is 3.23. The molecule has 0 aliphatic heterocycles. The van der Waals surface area contributed by atoms with E-state index in [2.05, 4.69) is 16.3 Å². The molecule has 21 heavy (non-hydrogen) atoms. The highest BCUT2D eigenvalue weighted by Crippen LogP contribution is 2.26. The van der Waals surface area contributed by atoms with Crippen LogP contribution in [0.25, 0.3) is 0 Å². The van der Waals surface area contributed by atoms with E-state index in [1.165, 1.54) is 0 Å². The first-order valence-corrected chi connectivity index (χ1v) is 7.14. The molecular weight excluding hydrogens is 264 g/mol. The number of benzene rings is 1. The molecule has 1 aromatic carbocycles. The number of amides is 1. The van der Waals surface area contributed by atoms with Gasteiger partial charge in [0.1, 0.15) is 0 Å². The van der Waals surface area contributed by atoms with Crippen molar-refractivity contribution >= 4 is 11.6 Å². The number of nitrogens with one attached hydrogen (secondary N) is 1. The molecule has 5 nitrogen and oxygen atoms in total. The minimum absolute atomic E-state index is 0.0623. The van der Waals surface area contributed by atoms with Crippen LogP contribution in [0.15, 0.2) is 24.3 Å². The summed E-state index contributed by atoms with van der Waals surface area (Å²) < 4.78 is 0. The first kappa shape index (κ1) is 15.0. The molecule has 0 spiro atoms. The topological polar surface area (TPSA) is 79.9 Å². The third-order valence-electron chi connectivity index (χ3n) is 3.48. The number of hydrogen-bond donors (Lipinski definition) is 1. The number of carbonyl (C=O) groups excluding carboxylic acids is 1. The number of nitrogens with zero attached hydrogens (tertiary/aromatic N) is 3. The highest BCUT2D eigenvalue weighted by molar-refractivity contribution is 5.90. The maximum Gasteiger partial charge on any atom is 0.225 e. The Hall–Kier alpha value is -2.37. The first-order valence-electron chi connectivity index (χ1n) is 7.14. The summed E-state index contributed by atoms with van der Waals surface area (Å²) in [5.41, 5.74) is 1.18. The summed E-state index contributed by atoms with van der Waals surface area (Å²) in [4.78, 5) is 14.2. The van der Waals surface area contributed by atoms with Crippen molar-refractivity contribution in [3.63, 3.8) is 0 Å². The SMILES string of the molecule is N#CCCN(CCC(=O)Nc1cccc(C#N)c1)C1CC1. The molecule has 0 unspecified atom stereocenters. The van der Waals surface area contributed by atoms with Gasteiger partial charge in [-0.25, -0.2) is 0 Å². The number of hydrogen-bond acceptors (Lipinski definition) is 4. The Kier molecular flexibility index (Phi) is 5.31. The number of nitriles is 2. The molecule has 1 fully saturated rings. The second kappa shape index (κ2) is 7.42. The van der Waals surface area contributed by atoms with Gasteiger partial charge in [-0.3, -0.25) is 9.69 Å². The second-order valence-corrected chi connectivity index (χ2v) is 5.17. The van der Waals surface area contributed by atoms with E-state index < -0.39 is 0 Å². The maximum atomic E-state index is 11.9. The Morgan fingerprint density at radius 1 is 1.33 bits per heavy atom. The minimum atomic E-state index is -0.0623. The van der Waals surface area contributed by atoms with E-state index in [0.717, 1.165) is 19.4 Å². The van der Waals surface area contributed by atoms with E-state index in [1.54, 1.807) is 24.3 Å². The van der Waals surface area contributed by atoms with Crippen molar-refractivity contribution in [2.75, 3.05) is 18.4 Å². The highest BCUT2D eigenvalue weighted by Gasteiger charge is 2.28. The predicted octanol–water partition coefficient (Wildman–Crippen LogP) is 2.26. The molecule has 5 heteroatoms. The molecule has 1 aliphatic carbocycles. The largest absolute Gasteiger partial charge is 0.326 e. The van der Waals surface area contributed by atoms with E-state index in [4.69, 9.17) is 10.5 Å². The van der Waals surface area contributed by atoms with Crippen LogP contribution in [-0.2, 0) is 4.79 Å². The van der Waals surface area contributed by atoms with Crippen molar-refractivity contribution in [3.05, 3.63) is 29.8 Å². The van der Waals surface area contributed by atoms with E-state index >= 15 is 0 Å². The molecule has 0 aromatic heterocycles. The smallest absolute Gasteiger partial charge is 0.225 e. The third kappa shape index (κ3) is 4.91. The van der Waals surface area contributed by atoms with Gasteiger partial charge in [-0.05, 0) is 31.0 Å². The van der Waals surface area contributed by atoms with Gasteiger partial charge in [0.25, 0.3) is 0 Å². The zero-order valence-electron chi connectivity index (χ0n) is 11.9. The van der Waals surface area contributed by atoms with Crippen LogP contribution < -0.4 is 5.32 Å². The van der Waals surface area contributed by atoms with Crippen molar-refractivity contribution in [3.8, 4) is 12.1 Å². The van der Waals surface area contributed by atoms with Crippen molar-refractivity contribution in [2.24, 2.45) is 0 Å². The van der Waals surface area contributed by atoms with Crippen molar-refractivity contribution in [1.82, 2.24) is 4.90 Å². The quantitative estimate of drug-likeness (QED) is 0.832. The number of rotatable bonds is 7. The van der Waals surface area contributed by atoms with Gasteiger partial charge in [0.05, 0.1) is 17.7 Å². The fourth-order valence-corrected chi connectivity index (χ4v) is 2.25. The molecule has 0 saturated heterocycles. The molecule has 2 rings (SSSR count). The lowest BCUT2D eigenvalue weighted by Crippen LogP contribution is -2.30. The van der Waals surface area contributed by atoms with Gasteiger partial charge >= 0.3 is 0 Å². The zero-order valence-corrected chi connectivity index (χ0v) is 11.9. The molecule has 0 atom stereocenters. The normalized spacial score (nSPS) is 13.5. The molecule has 0 radical (unpaired) electrons. The van der Waals surface area contributed by atoms with Crippen LogP contribution in [0.3, 0.4) is 0 Å². The monoisotopic (exact) mass is 282 g/mol. The molecule has 1 aliphatic rings. The summed E-state index contributed by atoms with van der Waals surface area (Å²) in [5, 5.41) is 20.3. The maximum absolute atomic E-state index is 11.9. The molecular formula is C16H18N4O. The predicted molar refractivity (Wildman–Crippen MR) is 79.2 cm³/mol. The number of carbonyl (C=O) groups is 1. The van der Waals surface area contributed by atoms with Crippen molar-refractivity contribution < 1.29 is 4.79 Å². The molecule has 1 saturated carbocycles. The van der Waals surface area contributed by atoms with Gasteiger partial charge < -0.3 is 5.32 Å². The van der Waals surface area contributed by atoms with Crippen LogP contribution in [0.1, 0.15) is 31.2 Å². The lowest BCUT2D eigenvalue weighted by Gasteiger charge is -2.20. The standard InChI is InChI=1S/C16H18N4O/c17-8-2-9-20(15-5-6-15)10-7-16(21)19-14-4-1-3-13(11-14)12-18/h1,3-4,11,15H,2,5-7,9-10H2,(H,19,21). The van der Waals surface area contributed by atoms with Gasteiger partial charge in [0, 0.05) is 37.7 Å². The van der Waals surface area contributed by atoms with Gasteiger partial charge in [-0.1, -0.05) is 6.07 Å². The summed E-state index contributed by atoms with van der Waals surface area (Å²) in [5.74, 6) is -0.0623. The van der Waals surface area contributed by atoms with E-state index in [-0.39, 0.29) is 5.91 Å². The Balaban J connectivity index is 1.81. The van der Waals surface area contributed by atoms with Gasteiger partial charge in [-0.2, -0.15) is 10.5 Å². The van der Waals surface area contributed by atoms with Crippen LogP contribution >= 0.6 is 0 Å². The minimum Gasteiger partial charge on any atom is -0.326 e. The highest BCUT2D eigenvalue weighted by atomic mass is 16.1. The van der Waals surface area contributed by atoms with Gasteiger partial charge in [-0.15, -0.1) is 0 Å². The van der Waals surface area contributed by atoms with Crippen LogP contribution in [-0.4, -0.2) is 29.9 Å². The molecule has 1 amide bonds. The van der Waals surface area contributed by atoms with Crippen molar-refractivity contribution in [2.45, 2.75) is 31.7 Å². The lowest BCUT2D eigenvalue weighted by atomic mass is 10.2. The second-order valence-electron chi connectivity index (χ2n) is 5.17. The Labute approximate surface area is 124 Å². The van der Waals surface area contributed by atoms with Crippen molar-refractivity contribution in [1.29, 1.82) is 10.5 Å². The first-order chi connectivity index (χ1) is 10.2. The third-order valence-corrected chi connectivity index (χ3v) is 3.48. The lowest BCUT2D eigenvalue weighted by molar-refractivity contribution is -0.116. The summed E-state index contributed by atoms with van der Waals surface area (Å²) >= 11 is 0. The molecule has 0 bridgehead atoms. The fourth-order valence-electron chi connectivity index (χ4n) is 2.25. The van der Waals surface area contributed by atoms with Crippen LogP contribution in [0.2, 0.25) is 0 Å².